The molecule has 2 N–H and O–H groups in total. The molecule has 0 spiro atoms. The molecule has 0 fully saturated rings. The normalized spacial score (nSPS) is 12.5. The molecule has 6 nitrogen and oxygen atoms in total. The van der Waals surface area contributed by atoms with Gasteiger partial charge in [-0.1, -0.05) is 30.3 Å². The van der Waals surface area contributed by atoms with Gasteiger partial charge in [0.15, 0.2) is 0 Å². The van der Waals surface area contributed by atoms with Crippen LogP contribution in [-0.2, 0) is 0 Å². The summed E-state index contributed by atoms with van der Waals surface area (Å²) in [6.07, 6.45) is 1.48. The van der Waals surface area contributed by atoms with Gasteiger partial charge in [-0.15, -0.1) is 11.3 Å². The van der Waals surface area contributed by atoms with E-state index in [2.05, 4.69) is 32.3 Å². The standard InChI is InChI=1S/C18H20N4O2S/c1-11-14-16(19-10-20-17(14)25-15(11)18(23)24)21-13(9-22(2)3)12-7-5-4-6-8-12/h4-8,10,13H,9H2,1-3H3,(H,23,24)(H,19,20,21)/t13-/m0/s1. The summed E-state index contributed by atoms with van der Waals surface area (Å²) in [6.45, 7) is 2.59. The number of nitrogens with one attached hydrogen (secondary N) is 1. The van der Waals surface area contributed by atoms with Gasteiger partial charge >= 0.3 is 5.97 Å². The number of anilines is 1. The summed E-state index contributed by atoms with van der Waals surface area (Å²) in [7, 11) is 4.04. The number of hydrogen-bond donors (Lipinski definition) is 2. The van der Waals surface area contributed by atoms with Crippen molar-refractivity contribution < 1.29 is 9.90 Å². The van der Waals surface area contributed by atoms with Crippen molar-refractivity contribution in [3.05, 3.63) is 52.7 Å². The van der Waals surface area contributed by atoms with E-state index in [4.69, 9.17) is 0 Å². The SMILES string of the molecule is Cc1c(C(=O)O)sc2ncnc(N[C@@H](CN(C)C)c3ccccc3)c12. The van der Waals surface area contributed by atoms with E-state index in [1.807, 2.05) is 32.3 Å². The number of aromatic carboxylic acids is 1. The van der Waals surface area contributed by atoms with Gasteiger partial charge in [-0.3, -0.25) is 0 Å². The molecule has 130 valence electrons. The Morgan fingerprint density at radius 2 is 2.00 bits per heavy atom. The number of aromatic nitrogens is 2. The van der Waals surface area contributed by atoms with Gasteiger partial charge in [0.25, 0.3) is 0 Å². The smallest absolute Gasteiger partial charge is 0.346 e. The number of aryl methyl sites for hydroxylation is 1. The third kappa shape index (κ3) is 3.62. The van der Waals surface area contributed by atoms with E-state index in [9.17, 15) is 9.90 Å². The van der Waals surface area contributed by atoms with Crippen LogP contribution in [0.25, 0.3) is 10.2 Å². The molecule has 2 aromatic heterocycles. The Morgan fingerprint density at radius 1 is 1.28 bits per heavy atom. The zero-order chi connectivity index (χ0) is 18.0. The van der Waals surface area contributed by atoms with Crippen LogP contribution in [0, 0.1) is 6.92 Å². The van der Waals surface area contributed by atoms with E-state index < -0.39 is 5.97 Å². The molecule has 0 radical (unpaired) electrons. The quantitative estimate of drug-likeness (QED) is 0.705. The summed E-state index contributed by atoms with van der Waals surface area (Å²) in [6, 6.07) is 10.2. The van der Waals surface area contributed by atoms with Crippen LogP contribution in [0.2, 0.25) is 0 Å². The van der Waals surface area contributed by atoms with E-state index >= 15 is 0 Å². The average molecular weight is 356 g/mol. The van der Waals surface area contributed by atoms with Gasteiger partial charge in [-0.25, -0.2) is 14.8 Å². The molecule has 0 bridgehead atoms. The summed E-state index contributed by atoms with van der Waals surface area (Å²) in [4.78, 5) is 23.1. The number of carboxylic acid groups (broad SMARTS) is 1. The van der Waals surface area contributed by atoms with Gasteiger partial charge in [0.2, 0.25) is 0 Å². The number of rotatable bonds is 6. The molecular weight excluding hydrogens is 336 g/mol. The van der Waals surface area contributed by atoms with Crippen LogP contribution < -0.4 is 5.32 Å². The first-order valence-electron chi connectivity index (χ1n) is 7.91. The van der Waals surface area contributed by atoms with Gasteiger partial charge < -0.3 is 15.3 Å². The van der Waals surface area contributed by atoms with E-state index in [0.29, 0.717) is 21.1 Å². The van der Waals surface area contributed by atoms with Crippen LogP contribution in [0.15, 0.2) is 36.7 Å². The van der Waals surface area contributed by atoms with Gasteiger partial charge in [0, 0.05) is 6.54 Å². The molecule has 0 saturated heterocycles. The Morgan fingerprint density at radius 3 is 2.64 bits per heavy atom. The highest BCUT2D eigenvalue weighted by Crippen LogP contribution is 2.34. The van der Waals surface area contributed by atoms with E-state index in [1.165, 1.54) is 17.7 Å². The monoisotopic (exact) mass is 356 g/mol. The number of fused-ring (bicyclic) bond motifs is 1. The van der Waals surface area contributed by atoms with Crippen molar-refractivity contribution in [2.45, 2.75) is 13.0 Å². The van der Waals surface area contributed by atoms with Crippen molar-refractivity contribution in [3.63, 3.8) is 0 Å². The number of carbonyl (C=O) groups is 1. The van der Waals surface area contributed by atoms with E-state index in [0.717, 1.165) is 17.5 Å². The zero-order valence-corrected chi connectivity index (χ0v) is 15.2. The van der Waals surface area contributed by atoms with Crippen LogP contribution in [0.5, 0.6) is 0 Å². The lowest BCUT2D eigenvalue weighted by atomic mass is 10.1. The second-order valence-corrected chi connectivity index (χ2v) is 7.13. The van der Waals surface area contributed by atoms with Gasteiger partial charge in [-0.05, 0) is 32.1 Å². The summed E-state index contributed by atoms with van der Waals surface area (Å²) >= 11 is 1.18. The molecule has 7 heteroatoms. The maximum Gasteiger partial charge on any atom is 0.346 e. The Labute approximate surface area is 150 Å². The number of hydrogen-bond acceptors (Lipinski definition) is 6. The summed E-state index contributed by atoms with van der Waals surface area (Å²) in [5.41, 5.74) is 1.85. The molecule has 0 aliphatic rings. The predicted octanol–water partition coefficient (Wildman–Crippen LogP) is 3.41. The fourth-order valence-corrected chi connectivity index (χ4v) is 3.82. The minimum absolute atomic E-state index is 0.0295. The van der Waals surface area contributed by atoms with Crippen molar-refractivity contribution in [1.82, 2.24) is 14.9 Å². The molecular formula is C18H20N4O2S. The zero-order valence-electron chi connectivity index (χ0n) is 14.4. The minimum Gasteiger partial charge on any atom is -0.477 e. The van der Waals surface area contributed by atoms with Crippen molar-refractivity contribution in [2.75, 3.05) is 26.0 Å². The molecule has 0 aliphatic carbocycles. The van der Waals surface area contributed by atoms with Crippen molar-refractivity contribution in [2.24, 2.45) is 0 Å². The molecule has 1 aromatic carbocycles. The minimum atomic E-state index is -0.931. The average Bonchev–Trinajstić information content (AvgIpc) is 2.93. The number of thiophene rings is 1. The molecule has 0 unspecified atom stereocenters. The number of carboxylic acids is 1. The summed E-state index contributed by atoms with van der Waals surface area (Å²) in [5, 5.41) is 13.6. The second-order valence-electron chi connectivity index (χ2n) is 6.13. The maximum atomic E-state index is 11.4. The van der Waals surface area contributed by atoms with Crippen LogP contribution in [0.3, 0.4) is 0 Å². The number of likely N-dealkylation sites (N-methyl/N-ethyl adjacent to an activating group) is 1. The fourth-order valence-electron chi connectivity index (χ4n) is 2.83. The topological polar surface area (TPSA) is 78.3 Å². The molecule has 1 atom stereocenters. The Kier molecular flexibility index (Phi) is 4.96. The molecule has 0 saturated carbocycles. The van der Waals surface area contributed by atoms with Crippen LogP contribution in [0.4, 0.5) is 5.82 Å². The Balaban J connectivity index is 2.04. The lowest BCUT2D eigenvalue weighted by Gasteiger charge is -2.23. The van der Waals surface area contributed by atoms with Crippen LogP contribution >= 0.6 is 11.3 Å². The summed E-state index contributed by atoms with van der Waals surface area (Å²) < 4.78 is 0. The van der Waals surface area contributed by atoms with Crippen molar-refractivity contribution in [1.29, 1.82) is 0 Å². The number of nitrogens with zero attached hydrogens (tertiary/aromatic N) is 3. The molecule has 2 heterocycles. The molecule has 3 aromatic rings. The Bertz CT molecular complexity index is 893. The largest absolute Gasteiger partial charge is 0.477 e. The first kappa shape index (κ1) is 17.3. The van der Waals surface area contributed by atoms with E-state index in [1.54, 1.807) is 6.92 Å². The highest BCUT2D eigenvalue weighted by molar-refractivity contribution is 7.20. The van der Waals surface area contributed by atoms with E-state index in [-0.39, 0.29) is 6.04 Å². The third-order valence-corrected chi connectivity index (χ3v) is 5.17. The lowest BCUT2D eigenvalue weighted by Crippen LogP contribution is -2.26. The predicted molar refractivity (Wildman–Crippen MR) is 100 cm³/mol. The number of benzene rings is 1. The van der Waals surface area contributed by atoms with Gasteiger partial charge in [0.1, 0.15) is 21.9 Å². The fraction of sp³-hybridized carbons (Fsp3) is 0.278. The third-order valence-electron chi connectivity index (χ3n) is 3.98. The lowest BCUT2D eigenvalue weighted by molar-refractivity contribution is 0.0701. The van der Waals surface area contributed by atoms with Crippen LogP contribution in [-0.4, -0.2) is 46.6 Å². The van der Waals surface area contributed by atoms with Gasteiger partial charge in [-0.2, -0.15) is 0 Å². The van der Waals surface area contributed by atoms with Gasteiger partial charge in [0.05, 0.1) is 11.4 Å². The first-order chi connectivity index (χ1) is 12.0. The second kappa shape index (κ2) is 7.16. The summed E-state index contributed by atoms with van der Waals surface area (Å²) in [5.74, 6) is -0.263. The maximum absolute atomic E-state index is 11.4. The highest BCUT2D eigenvalue weighted by atomic mass is 32.1. The van der Waals surface area contributed by atoms with Crippen molar-refractivity contribution >= 4 is 33.3 Å². The first-order valence-corrected chi connectivity index (χ1v) is 8.72. The van der Waals surface area contributed by atoms with Crippen LogP contribution in [0.1, 0.15) is 26.8 Å². The molecule has 0 aliphatic heterocycles. The highest BCUT2D eigenvalue weighted by Gasteiger charge is 2.21. The molecule has 3 rings (SSSR count). The Hall–Kier alpha value is -2.51. The molecule has 0 amide bonds. The van der Waals surface area contributed by atoms with Crippen molar-refractivity contribution in [3.8, 4) is 0 Å². The molecule has 25 heavy (non-hydrogen) atoms.